The Morgan fingerprint density at radius 3 is 1.05 bits per heavy atom. The van der Waals surface area contributed by atoms with E-state index in [2.05, 4.69) is 238 Å². The summed E-state index contributed by atoms with van der Waals surface area (Å²) in [5.74, 6) is 0. The molecule has 0 N–H and O–H groups in total. The largest absolute Gasteiger partial charge is 0.308 e. The van der Waals surface area contributed by atoms with Gasteiger partial charge in [-0.3, -0.25) is 9.97 Å². The fourth-order valence-corrected chi connectivity index (χ4v) is 13.1. The number of benzene rings is 8. The topological polar surface area (TPSA) is 64.8 Å². The van der Waals surface area contributed by atoms with Gasteiger partial charge in [0.05, 0.1) is 95.9 Å². The van der Waals surface area contributed by atoms with Crippen LogP contribution in [-0.2, 0) is 0 Å². The molecule has 0 aliphatic carbocycles. The van der Waals surface area contributed by atoms with Crippen LogP contribution in [0.5, 0.6) is 0 Å². The van der Waals surface area contributed by atoms with Gasteiger partial charge in [-0.05, 0) is 60.2 Å². The summed E-state index contributed by atoms with van der Waals surface area (Å²) < 4.78 is 7.43. The predicted octanol–water partition coefficient (Wildman–Crippen LogP) is 17.1. The lowest BCUT2D eigenvalue weighted by Crippen LogP contribution is -1.93. The van der Waals surface area contributed by atoms with Gasteiger partial charge in [0.1, 0.15) is 0 Å². The van der Waals surface area contributed by atoms with Crippen molar-refractivity contribution in [3.05, 3.63) is 225 Å². The second-order valence-corrected chi connectivity index (χ2v) is 20.1. The van der Waals surface area contributed by atoms with Crippen molar-refractivity contribution in [2.75, 3.05) is 0 Å². The van der Waals surface area contributed by atoms with Crippen LogP contribution in [0, 0.1) is 0 Å². The van der Waals surface area contributed by atoms with Crippen LogP contribution in [-0.4, -0.2) is 33.1 Å². The lowest BCUT2D eigenvalue weighted by molar-refractivity contribution is 1.29. The minimum absolute atomic E-state index is 0.924. The Hall–Kier alpha value is -10.2. The Morgan fingerprint density at radius 1 is 0.240 bits per heavy atom. The van der Waals surface area contributed by atoms with E-state index < -0.39 is 0 Å². The van der Waals surface area contributed by atoms with E-state index in [1.807, 2.05) is 0 Å². The Balaban J connectivity index is 1.09. The summed E-state index contributed by atoms with van der Waals surface area (Å²) in [5.41, 5.74) is 22.1. The van der Waals surface area contributed by atoms with Gasteiger partial charge in [0.25, 0.3) is 0 Å². The molecule has 0 spiro atoms. The van der Waals surface area contributed by atoms with Crippen molar-refractivity contribution < 1.29 is 0 Å². The summed E-state index contributed by atoms with van der Waals surface area (Å²) in [4.78, 5) is 22.0. The standard InChI is InChI=1S/C68H37N7/c1-5-17-38(18-6-1)53-32-45-49-34-55(40-21-9-3-10-22-40)71-62-51-31-52-63-68-50(35-56(72-63)41-23-11-4-12-24-41)46-33-54(39-19-7-2-8-20-39)70-37-60(46)75(68)66(52)61(65(51)74(67(49)62)59(45)36-69-53)42-29-47-43-25-13-15-27-57(43)73-58-28-16-14-26-44(58)48(30-42)64(47)73/h1-37H. The molecular formula is C68H37N7. The SMILES string of the molecule is c1ccc(-c2cc3c4cc(-c5ccccc5)nc5c6cc7c8nc(-c9ccccc9)cc9c%10cc(-c%11ccccc%11)ncc%10n(c7c(-c7cc%10c%11ccccc%11n%11c%12ccccc%12c(c7)c%10%11)c6n(c3cn2)c45)c98)cc1. The number of aromatic nitrogens is 7. The summed E-state index contributed by atoms with van der Waals surface area (Å²) in [6, 6.07) is 76.4. The van der Waals surface area contributed by atoms with E-state index >= 15 is 0 Å². The fourth-order valence-electron chi connectivity index (χ4n) is 13.1. The van der Waals surface area contributed by atoms with Crippen LogP contribution >= 0.6 is 0 Å². The first-order chi connectivity index (χ1) is 37.2. The number of rotatable bonds is 5. The third-order valence-electron chi connectivity index (χ3n) is 16.3. The molecule has 8 aromatic carbocycles. The van der Waals surface area contributed by atoms with Crippen LogP contribution in [0.15, 0.2) is 225 Å². The maximum atomic E-state index is 5.73. The maximum absolute atomic E-state index is 5.73. The first kappa shape index (κ1) is 39.4. The molecule has 7 heteroatoms. The third kappa shape index (κ3) is 5.13. The molecule has 0 radical (unpaired) electrons. The highest BCUT2D eigenvalue weighted by molar-refractivity contribution is 6.34. The molecule has 0 saturated heterocycles. The van der Waals surface area contributed by atoms with E-state index in [-0.39, 0.29) is 0 Å². The molecule has 0 unspecified atom stereocenters. The van der Waals surface area contributed by atoms with Crippen LogP contribution in [0.4, 0.5) is 0 Å². The molecule has 0 bridgehead atoms. The van der Waals surface area contributed by atoms with Crippen molar-refractivity contribution in [2.45, 2.75) is 0 Å². The molecule has 10 heterocycles. The molecule has 18 rings (SSSR count). The summed E-state index contributed by atoms with van der Waals surface area (Å²) in [7, 11) is 0. The van der Waals surface area contributed by atoms with Crippen molar-refractivity contribution in [3.63, 3.8) is 0 Å². The molecule has 344 valence electrons. The average Bonchev–Trinajstić information content (AvgIpc) is 4.42. The smallest absolute Gasteiger partial charge is 0.0977 e. The van der Waals surface area contributed by atoms with Gasteiger partial charge < -0.3 is 13.2 Å². The van der Waals surface area contributed by atoms with Gasteiger partial charge in [-0.2, -0.15) is 0 Å². The van der Waals surface area contributed by atoms with E-state index in [1.165, 1.54) is 38.1 Å². The number of pyridine rings is 4. The van der Waals surface area contributed by atoms with Crippen molar-refractivity contribution in [3.8, 4) is 56.2 Å². The lowest BCUT2D eigenvalue weighted by Gasteiger charge is -2.12. The quantitative estimate of drug-likeness (QED) is 0.172. The highest BCUT2D eigenvalue weighted by Gasteiger charge is 2.31. The molecule has 10 aromatic heterocycles. The highest BCUT2D eigenvalue weighted by atomic mass is 15.0. The van der Waals surface area contributed by atoms with E-state index in [9.17, 15) is 0 Å². The molecule has 18 aromatic rings. The molecule has 0 atom stereocenters. The number of hydrogen-bond acceptors (Lipinski definition) is 4. The highest BCUT2D eigenvalue weighted by Crippen LogP contribution is 2.52. The number of hydrogen-bond donors (Lipinski definition) is 0. The van der Waals surface area contributed by atoms with E-state index in [4.69, 9.17) is 19.9 Å². The molecule has 75 heavy (non-hydrogen) atoms. The summed E-state index contributed by atoms with van der Waals surface area (Å²) in [6.45, 7) is 0. The van der Waals surface area contributed by atoms with Crippen LogP contribution in [0.2, 0.25) is 0 Å². The zero-order valence-electron chi connectivity index (χ0n) is 40.0. The van der Waals surface area contributed by atoms with Crippen LogP contribution in [0.1, 0.15) is 0 Å². The average molecular weight is 952 g/mol. The number of nitrogens with zero attached hydrogens (tertiary/aromatic N) is 7. The Morgan fingerprint density at radius 2 is 0.613 bits per heavy atom. The minimum atomic E-state index is 0.924. The number of para-hydroxylation sites is 2. The van der Waals surface area contributed by atoms with Gasteiger partial charge in [-0.15, -0.1) is 0 Å². The zero-order chi connectivity index (χ0) is 48.6. The minimum Gasteiger partial charge on any atom is -0.308 e. The Bertz CT molecular complexity index is 5060. The van der Waals surface area contributed by atoms with Crippen LogP contribution < -0.4 is 0 Å². The Labute approximate surface area is 426 Å². The van der Waals surface area contributed by atoms with Gasteiger partial charge in [0.15, 0.2) is 0 Å². The van der Waals surface area contributed by atoms with Gasteiger partial charge in [-0.1, -0.05) is 158 Å². The first-order valence-electron chi connectivity index (χ1n) is 25.5. The summed E-state index contributed by atoms with van der Waals surface area (Å²) in [6.07, 6.45) is 4.17. The molecular weight excluding hydrogens is 915 g/mol. The zero-order valence-corrected chi connectivity index (χ0v) is 40.0. The van der Waals surface area contributed by atoms with Gasteiger partial charge in [-0.25, -0.2) is 9.97 Å². The second-order valence-electron chi connectivity index (χ2n) is 20.1. The lowest BCUT2D eigenvalue weighted by atomic mass is 9.95. The summed E-state index contributed by atoms with van der Waals surface area (Å²) in [5, 5.41) is 11.5. The molecule has 0 fully saturated rings. The van der Waals surface area contributed by atoms with Gasteiger partial charge in [0, 0.05) is 81.7 Å². The maximum Gasteiger partial charge on any atom is 0.0977 e. The van der Waals surface area contributed by atoms with Crippen molar-refractivity contribution in [2.24, 2.45) is 0 Å². The van der Waals surface area contributed by atoms with E-state index in [0.717, 1.165) is 133 Å². The van der Waals surface area contributed by atoms with Crippen molar-refractivity contribution in [1.29, 1.82) is 0 Å². The van der Waals surface area contributed by atoms with Gasteiger partial charge in [0.2, 0.25) is 0 Å². The fraction of sp³-hybridized carbons (Fsp3) is 0. The van der Waals surface area contributed by atoms with Crippen LogP contribution in [0.3, 0.4) is 0 Å². The number of fused-ring (bicyclic) bond motifs is 18. The van der Waals surface area contributed by atoms with E-state index in [0.29, 0.717) is 0 Å². The van der Waals surface area contributed by atoms with Gasteiger partial charge >= 0.3 is 0 Å². The van der Waals surface area contributed by atoms with Crippen LogP contribution in [0.25, 0.3) is 171 Å². The van der Waals surface area contributed by atoms with Crippen molar-refractivity contribution in [1.82, 2.24) is 33.1 Å². The third-order valence-corrected chi connectivity index (χ3v) is 16.3. The van der Waals surface area contributed by atoms with Crippen molar-refractivity contribution >= 4 is 115 Å². The Kier molecular flexibility index (Phi) is 7.48. The molecule has 0 aliphatic heterocycles. The first-order valence-corrected chi connectivity index (χ1v) is 25.5. The molecule has 0 amide bonds. The second kappa shape index (κ2) is 14.2. The predicted molar refractivity (Wildman–Crippen MR) is 309 cm³/mol. The summed E-state index contributed by atoms with van der Waals surface area (Å²) >= 11 is 0. The molecule has 7 nitrogen and oxygen atoms in total. The van der Waals surface area contributed by atoms with E-state index in [1.54, 1.807) is 0 Å². The molecule has 0 saturated carbocycles. The monoisotopic (exact) mass is 951 g/mol. The molecule has 0 aliphatic rings. The normalized spacial score (nSPS) is 12.5.